The molecular formula is C20H30N2O3S. The number of thioether (sulfide) groups is 1. The van der Waals surface area contributed by atoms with Crippen molar-refractivity contribution in [3.05, 3.63) is 29.8 Å². The molecule has 0 aliphatic carbocycles. The molecule has 2 saturated heterocycles. The van der Waals surface area contributed by atoms with E-state index in [2.05, 4.69) is 4.90 Å². The van der Waals surface area contributed by atoms with Gasteiger partial charge in [-0.15, -0.1) is 0 Å². The second-order valence-electron chi connectivity index (χ2n) is 7.14. The standard InChI is InChI=1S/C20H30N2O3S/c1-21(12-16-6-3-4-8-19(16)24-2)20(23)14-22(17-9-11-26-15-17)13-18-7-5-10-25-18/h3-4,6,8,17-18H,5,7,9-15H2,1-2H3/t17-,18-/m0/s1. The highest BCUT2D eigenvalue weighted by Gasteiger charge is 2.29. The fraction of sp³-hybridized carbons (Fsp3) is 0.650. The Morgan fingerprint density at radius 2 is 2.19 bits per heavy atom. The summed E-state index contributed by atoms with van der Waals surface area (Å²) in [6.07, 6.45) is 3.70. The zero-order valence-electron chi connectivity index (χ0n) is 15.9. The number of hydrogen-bond donors (Lipinski definition) is 0. The lowest BCUT2D eigenvalue weighted by atomic mass is 10.1. The fourth-order valence-corrected chi connectivity index (χ4v) is 4.93. The maximum absolute atomic E-state index is 12.9. The van der Waals surface area contributed by atoms with Gasteiger partial charge in [0.25, 0.3) is 0 Å². The summed E-state index contributed by atoms with van der Waals surface area (Å²) in [6, 6.07) is 8.38. The molecule has 144 valence electrons. The molecule has 26 heavy (non-hydrogen) atoms. The molecule has 0 aromatic heterocycles. The van der Waals surface area contributed by atoms with Gasteiger partial charge in [0.05, 0.1) is 19.8 Å². The molecule has 2 aliphatic heterocycles. The molecule has 0 spiro atoms. The molecule has 0 unspecified atom stereocenters. The number of hydrogen-bond acceptors (Lipinski definition) is 5. The first-order valence-electron chi connectivity index (χ1n) is 9.46. The first kappa shape index (κ1) is 19.5. The van der Waals surface area contributed by atoms with E-state index >= 15 is 0 Å². The van der Waals surface area contributed by atoms with E-state index in [0.29, 0.717) is 19.1 Å². The third-order valence-corrected chi connectivity index (χ3v) is 6.39. The van der Waals surface area contributed by atoms with Gasteiger partial charge in [-0.05, 0) is 31.1 Å². The third kappa shape index (κ3) is 5.15. The van der Waals surface area contributed by atoms with Crippen LogP contribution in [0.1, 0.15) is 24.8 Å². The zero-order valence-corrected chi connectivity index (χ0v) is 16.7. The summed E-state index contributed by atoms with van der Waals surface area (Å²) in [6.45, 7) is 2.77. The van der Waals surface area contributed by atoms with Crippen molar-refractivity contribution >= 4 is 17.7 Å². The molecule has 2 atom stereocenters. The molecule has 2 aliphatic rings. The van der Waals surface area contributed by atoms with Crippen LogP contribution in [0.15, 0.2) is 24.3 Å². The Bertz CT molecular complexity index is 586. The van der Waals surface area contributed by atoms with Crippen LogP contribution in [0.3, 0.4) is 0 Å². The Kier molecular flexibility index (Phi) is 7.23. The average Bonchev–Trinajstić information content (AvgIpc) is 3.35. The molecule has 1 amide bonds. The number of carbonyl (C=O) groups is 1. The van der Waals surface area contributed by atoms with Crippen LogP contribution in [0.5, 0.6) is 5.75 Å². The van der Waals surface area contributed by atoms with Crippen LogP contribution < -0.4 is 4.74 Å². The van der Waals surface area contributed by atoms with E-state index in [1.807, 2.05) is 48.0 Å². The highest BCUT2D eigenvalue weighted by molar-refractivity contribution is 7.99. The van der Waals surface area contributed by atoms with Crippen molar-refractivity contribution in [3.8, 4) is 5.75 Å². The van der Waals surface area contributed by atoms with Crippen molar-refractivity contribution in [1.82, 2.24) is 9.80 Å². The van der Waals surface area contributed by atoms with E-state index in [4.69, 9.17) is 9.47 Å². The number of likely N-dealkylation sites (N-methyl/N-ethyl adjacent to an activating group) is 1. The second-order valence-corrected chi connectivity index (χ2v) is 8.29. The summed E-state index contributed by atoms with van der Waals surface area (Å²) in [7, 11) is 3.55. The molecule has 0 bridgehead atoms. The van der Waals surface area contributed by atoms with Gasteiger partial charge in [0.15, 0.2) is 0 Å². The van der Waals surface area contributed by atoms with Crippen molar-refractivity contribution in [1.29, 1.82) is 0 Å². The van der Waals surface area contributed by atoms with Crippen LogP contribution in [-0.4, -0.2) is 73.2 Å². The van der Waals surface area contributed by atoms with Gasteiger partial charge in [0, 0.05) is 44.1 Å². The van der Waals surface area contributed by atoms with Gasteiger partial charge >= 0.3 is 0 Å². The van der Waals surface area contributed by atoms with E-state index in [-0.39, 0.29) is 12.0 Å². The number of rotatable bonds is 8. The van der Waals surface area contributed by atoms with E-state index in [1.54, 1.807) is 7.11 Å². The summed E-state index contributed by atoms with van der Waals surface area (Å²) in [5.41, 5.74) is 1.04. The lowest BCUT2D eigenvalue weighted by Gasteiger charge is -2.31. The summed E-state index contributed by atoms with van der Waals surface area (Å²) in [4.78, 5) is 17.0. The van der Waals surface area contributed by atoms with Gasteiger partial charge in [0.1, 0.15) is 5.75 Å². The Morgan fingerprint density at radius 1 is 1.35 bits per heavy atom. The molecule has 2 heterocycles. The zero-order chi connectivity index (χ0) is 18.4. The Hall–Kier alpha value is -1.24. The lowest BCUT2D eigenvalue weighted by Crippen LogP contribution is -2.46. The fourth-order valence-electron chi connectivity index (χ4n) is 3.67. The van der Waals surface area contributed by atoms with Crippen LogP contribution in [0.25, 0.3) is 0 Å². The first-order valence-corrected chi connectivity index (χ1v) is 10.6. The number of ether oxygens (including phenoxy) is 2. The maximum atomic E-state index is 12.9. The van der Waals surface area contributed by atoms with Crippen molar-refractivity contribution < 1.29 is 14.3 Å². The summed E-state index contributed by atoms with van der Waals surface area (Å²) in [5, 5.41) is 0. The van der Waals surface area contributed by atoms with Gasteiger partial charge < -0.3 is 14.4 Å². The molecule has 6 heteroatoms. The van der Waals surface area contributed by atoms with Crippen molar-refractivity contribution in [3.63, 3.8) is 0 Å². The number of methoxy groups -OCH3 is 1. The topological polar surface area (TPSA) is 42.0 Å². The van der Waals surface area contributed by atoms with Crippen molar-refractivity contribution in [2.75, 3.05) is 45.4 Å². The molecule has 1 aromatic carbocycles. The number of amides is 1. The van der Waals surface area contributed by atoms with Gasteiger partial charge in [-0.1, -0.05) is 18.2 Å². The maximum Gasteiger partial charge on any atom is 0.236 e. The highest BCUT2D eigenvalue weighted by Crippen LogP contribution is 2.25. The minimum Gasteiger partial charge on any atom is -0.496 e. The molecular weight excluding hydrogens is 348 g/mol. The van der Waals surface area contributed by atoms with E-state index < -0.39 is 0 Å². The number of benzene rings is 1. The molecule has 0 N–H and O–H groups in total. The smallest absolute Gasteiger partial charge is 0.236 e. The van der Waals surface area contributed by atoms with E-state index in [0.717, 1.165) is 43.1 Å². The summed E-state index contributed by atoms with van der Waals surface area (Å²) < 4.78 is 11.2. The molecule has 5 nitrogen and oxygen atoms in total. The van der Waals surface area contributed by atoms with Crippen LogP contribution in [0.2, 0.25) is 0 Å². The van der Waals surface area contributed by atoms with Crippen molar-refractivity contribution in [2.45, 2.75) is 38.0 Å². The molecule has 2 fully saturated rings. The monoisotopic (exact) mass is 378 g/mol. The average molecular weight is 379 g/mol. The molecule has 1 aromatic rings. The van der Waals surface area contributed by atoms with Gasteiger partial charge in [-0.25, -0.2) is 0 Å². The predicted octanol–water partition coefficient (Wildman–Crippen LogP) is 2.64. The van der Waals surface area contributed by atoms with Gasteiger partial charge in [-0.3, -0.25) is 9.69 Å². The summed E-state index contributed by atoms with van der Waals surface area (Å²) >= 11 is 1.99. The minimum atomic E-state index is 0.158. The Balaban J connectivity index is 1.60. The van der Waals surface area contributed by atoms with Crippen LogP contribution in [-0.2, 0) is 16.1 Å². The number of carbonyl (C=O) groups excluding carboxylic acids is 1. The minimum absolute atomic E-state index is 0.158. The van der Waals surface area contributed by atoms with Crippen LogP contribution in [0, 0.1) is 0 Å². The second kappa shape index (κ2) is 9.62. The van der Waals surface area contributed by atoms with Crippen LogP contribution >= 0.6 is 11.8 Å². The molecule has 0 saturated carbocycles. The van der Waals surface area contributed by atoms with Gasteiger partial charge in [-0.2, -0.15) is 11.8 Å². The van der Waals surface area contributed by atoms with Crippen LogP contribution in [0.4, 0.5) is 0 Å². The summed E-state index contributed by atoms with van der Waals surface area (Å²) in [5.74, 6) is 3.30. The number of para-hydroxylation sites is 1. The largest absolute Gasteiger partial charge is 0.496 e. The Morgan fingerprint density at radius 3 is 2.88 bits per heavy atom. The highest BCUT2D eigenvalue weighted by atomic mass is 32.2. The first-order chi connectivity index (χ1) is 12.7. The van der Waals surface area contributed by atoms with Gasteiger partial charge in [0.2, 0.25) is 5.91 Å². The van der Waals surface area contributed by atoms with Crippen molar-refractivity contribution in [2.24, 2.45) is 0 Å². The number of nitrogens with zero attached hydrogens (tertiary/aromatic N) is 2. The predicted molar refractivity (Wildman–Crippen MR) is 106 cm³/mol. The third-order valence-electron chi connectivity index (χ3n) is 5.25. The van der Waals surface area contributed by atoms with E-state index in [1.165, 1.54) is 12.2 Å². The Labute approximate surface area is 161 Å². The molecule has 3 rings (SSSR count). The van der Waals surface area contributed by atoms with E-state index in [9.17, 15) is 4.79 Å². The molecule has 0 radical (unpaired) electrons. The normalized spacial score (nSPS) is 22.7. The lowest BCUT2D eigenvalue weighted by molar-refractivity contribution is -0.132. The SMILES string of the molecule is COc1ccccc1CN(C)C(=O)CN(C[C@@H]1CCCO1)[C@H]1CCSC1. The quantitative estimate of drug-likeness (QED) is 0.696.